The van der Waals surface area contributed by atoms with E-state index in [0.717, 1.165) is 10.0 Å². The lowest BCUT2D eigenvalue weighted by molar-refractivity contribution is -0.146. The zero-order valence-corrected chi connectivity index (χ0v) is 12.5. The summed E-state index contributed by atoms with van der Waals surface area (Å²) in [5, 5.41) is 17.5. The minimum Gasteiger partial charge on any atom is -0.479 e. The number of rotatable bonds is 6. The van der Waals surface area contributed by atoms with Crippen LogP contribution < -0.4 is 4.72 Å². The van der Waals surface area contributed by atoms with Crippen molar-refractivity contribution in [3.63, 3.8) is 0 Å². The van der Waals surface area contributed by atoms with Crippen LogP contribution in [0.15, 0.2) is 27.6 Å². The number of aliphatic hydroxyl groups is 1. The van der Waals surface area contributed by atoms with Crippen molar-refractivity contribution in [2.24, 2.45) is 0 Å². The number of carbonyl (C=O) groups is 1. The number of sulfonamides is 1. The third-order valence-electron chi connectivity index (χ3n) is 2.43. The molecular weight excluding hydrogens is 338 g/mol. The summed E-state index contributed by atoms with van der Waals surface area (Å²) in [6, 6.07) is 4.56. The molecule has 0 amide bonds. The molecule has 0 aromatic heterocycles. The fraction of sp³-hybridized carbons (Fsp3) is 0.364. The SMILES string of the molecule is Cc1cc(S(=O)(=O)NCC[C@H](O)C(=O)O)ccc1Br. The Kier molecular flexibility index (Phi) is 5.48. The molecule has 1 aromatic carbocycles. The number of aliphatic carboxylic acids is 1. The van der Waals surface area contributed by atoms with Gasteiger partial charge in [-0.15, -0.1) is 0 Å². The van der Waals surface area contributed by atoms with Crippen molar-refractivity contribution in [1.82, 2.24) is 4.72 Å². The first-order chi connectivity index (χ1) is 8.74. The van der Waals surface area contributed by atoms with E-state index in [1.807, 2.05) is 0 Å². The fourth-order valence-electron chi connectivity index (χ4n) is 1.32. The Balaban J connectivity index is 2.71. The molecule has 6 nitrogen and oxygen atoms in total. The monoisotopic (exact) mass is 351 g/mol. The molecular formula is C11H14BrNO5S. The summed E-state index contributed by atoms with van der Waals surface area (Å²) in [4.78, 5) is 10.5. The van der Waals surface area contributed by atoms with E-state index < -0.39 is 22.1 Å². The van der Waals surface area contributed by atoms with Gasteiger partial charge in [0.15, 0.2) is 6.10 Å². The molecule has 1 rings (SSSR count). The van der Waals surface area contributed by atoms with Crippen LogP contribution >= 0.6 is 15.9 Å². The normalized spacial score (nSPS) is 13.2. The quantitative estimate of drug-likeness (QED) is 0.705. The molecule has 106 valence electrons. The van der Waals surface area contributed by atoms with E-state index >= 15 is 0 Å². The second-order valence-electron chi connectivity index (χ2n) is 3.95. The Bertz CT molecular complexity index is 572. The summed E-state index contributed by atoms with van der Waals surface area (Å²) in [5.74, 6) is -1.38. The predicted molar refractivity (Wildman–Crippen MR) is 72.3 cm³/mol. The van der Waals surface area contributed by atoms with Crippen molar-refractivity contribution < 1.29 is 23.4 Å². The molecule has 0 aliphatic carbocycles. The van der Waals surface area contributed by atoms with E-state index in [9.17, 15) is 13.2 Å². The van der Waals surface area contributed by atoms with Crippen LogP contribution in [0.1, 0.15) is 12.0 Å². The second kappa shape index (κ2) is 6.47. The topological polar surface area (TPSA) is 104 Å². The summed E-state index contributed by atoms with van der Waals surface area (Å²) in [6.45, 7) is 1.61. The third kappa shape index (κ3) is 4.57. The number of aliphatic hydroxyl groups excluding tert-OH is 1. The molecule has 0 saturated carbocycles. The highest BCUT2D eigenvalue weighted by atomic mass is 79.9. The van der Waals surface area contributed by atoms with Gasteiger partial charge in [-0.2, -0.15) is 0 Å². The summed E-state index contributed by atoms with van der Waals surface area (Å²) >= 11 is 3.27. The molecule has 0 saturated heterocycles. The third-order valence-corrected chi connectivity index (χ3v) is 4.78. The molecule has 0 fully saturated rings. The van der Waals surface area contributed by atoms with Gasteiger partial charge in [0.25, 0.3) is 0 Å². The van der Waals surface area contributed by atoms with Crippen LogP contribution in [-0.2, 0) is 14.8 Å². The lowest BCUT2D eigenvalue weighted by Crippen LogP contribution is -2.30. The van der Waals surface area contributed by atoms with E-state index in [0.29, 0.717) is 0 Å². The van der Waals surface area contributed by atoms with Crippen molar-refractivity contribution >= 4 is 31.9 Å². The first-order valence-corrected chi connectivity index (χ1v) is 7.68. The van der Waals surface area contributed by atoms with Crippen LogP contribution in [0.2, 0.25) is 0 Å². The number of nitrogens with one attached hydrogen (secondary N) is 1. The lowest BCUT2D eigenvalue weighted by atomic mass is 10.2. The van der Waals surface area contributed by atoms with Crippen LogP contribution in [0.5, 0.6) is 0 Å². The molecule has 1 atom stereocenters. The largest absolute Gasteiger partial charge is 0.479 e. The smallest absolute Gasteiger partial charge is 0.332 e. The average molecular weight is 352 g/mol. The van der Waals surface area contributed by atoms with Crippen LogP contribution in [0.3, 0.4) is 0 Å². The molecule has 0 spiro atoms. The van der Waals surface area contributed by atoms with Crippen LogP contribution in [-0.4, -0.2) is 37.2 Å². The Labute approximate surface area is 119 Å². The van der Waals surface area contributed by atoms with E-state index in [1.54, 1.807) is 13.0 Å². The predicted octanol–water partition coefficient (Wildman–Crippen LogP) is 0.871. The molecule has 0 heterocycles. The van der Waals surface area contributed by atoms with Crippen LogP contribution in [0, 0.1) is 6.92 Å². The van der Waals surface area contributed by atoms with Crippen molar-refractivity contribution in [2.75, 3.05) is 6.54 Å². The van der Waals surface area contributed by atoms with Crippen molar-refractivity contribution in [1.29, 1.82) is 0 Å². The number of aryl methyl sites for hydroxylation is 1. The van der Waals surface area contributed by atoms with Gasteiger partial charge in [0, 0.05) is 11.0 Å². The molecule has 0 aliphatic rings. The van der Waals surface area contributed by atoms with Gasteiger partial charge in [-0.25, -0.2) is 17.9 Å². The van der Waals surface area contributed by atoms with Gasteiger partial charge >= 0.3 is 5.97 Å². The van der Waals surface area contributed by atoms with Gasteiger partial charge in [0.2, 0.25) is 10.0 Å². The Morgan fingerprint density at radius 1 is 1.47 bits per heavy atom. The molecule has 8 heteroatoms. The zero-order valence-electron chi connectivity index (χ0n) is 10.1. The van der Waals surface area contributed by atoms with E-state index in [4.69, 9.17) is 10.2 Å². The van der Waals surface area contributed by atoms with Crippen LogP contribution in [0.25, 0.3) is 0 Å². The fourth-order valence-corrected chi connectivity index (χ4v) is 2.70. The summed E-state index contributed by atoms with van der Waals surface area (Å²) in [7, 11) is -3.70. The minimum atomic E-state index is -3.70. The molecule has 0 unspecified atom stereocenters. The van der Waals surface area contributed by atoms with E-state index in [2.05, 4.69) is 20.7 Å². The standard InChI is InChI=1S/C11H14BrNO5S/c1-7-6-8(2-3-9(7)12)19(17,18)13-5-4-10(14)11(15)16/h2-3,6,10,13-14H,4-5H2,1H3,(H,15,16)/t10-/m0/s1. The zero-order chi connectivity index (χ0) is 14.6. The van der Waals surface area contributed by atoms with Gasteiger partial charge in [-0.3, -0.25) is 0 Å². The molecule has 19 heavy (non-hydrogen) atoms. The Hall–Kier alpha value is -0.960. The molecule has 0 radical (unpaired) electrons. The van der Waals surface area contributed by atoms with Crippen molar-refractivity contribution in [3.8, 4) is 0 Å². The van der Waals surface area contributed by atoms with Crippen LogP contribution in [0.4, 0.5) is 0 Å². The minimum absolute atomic E-state index is 0.0954. The van der Waals surface area contributed by atoms with Gasteiger partial charge in [-0.05, 0) is 37.1 Å². The van der Waals surface area contributed by atoms with E-state index in [-0.39, 0.29) is 17.9 Å². The number of halogens is 1. The summed E-state index contributed by atoms with van der Waals surface area (Å²) in [6.07, 6.45) is -1.77. The number of hydrogen-bond donors (Lipinski definition) is 3. The molecule has 1 aromatic rings. The van der Waals surface area contributed by atoms with Gasteiger partial charge in [0.05, 0.1) is 4.90 Å². The Morgan fingerprint density at radius 3 is 2.63 bits per heavy atom. The maximum atomic E-state index is 11.9. The second-order valence-corrected chi connectivity index (χ2v) is 6.57. The molecule has 0 bridgehead atoms. The number of carboxylic acids is 1. The Morgan fingerprint density at radius 2 is 2.11 bits per heavy atom. The number of hydrogen-bond acceptors (Lipinski definition) is 4. The highest BCUT2D eigenvalue weighted by Crippen LogP contribution is 2.19. The van der Waals surface area contributed by atoms with E-state index in [1.165, 1.54) is 12.1 Å². The van der Waals surface area contributed by atoms with Gasteiger partial charge in [0.1, 0.15) is 0 Å². The number of carboxylic acid groups (broad SMARTS) is 1. The van der Waals surface area contributed by atoms with Crippen molar-refractivity contribution in [2.45, 2.75) is 24.3 Å². The first kappa shape index (κ1) is 16.1. The lowest BCUT2D eigenvalue weighted by Gasteiger charge is -2.09. The maximum absolute atomic E-state index is 11.9. The first-order valence-electron chi connectivity index (χ1n) is 5.41. The van der Waals surface area contributed by atoms with Gasteiger partial charge < -0.3 is 10.2 Å². The highest BCUT2D eigenvalue weighted by Gasteiger charge is 2.17. The van der Waals surface area contributed by atoms with Crippen molar-refractivity contribution in [3.05, 3.63) is 28.2 Å². The molecule has 0 aliphatic heterocycles. The highest BCUT2D eigenvalue weighted by molar-refractivity contribution is 9.10. The maximum Gasteiger partial charge on any atom is 0.332 e. The number of benzene rings is 1. The average Bonchev–Trinajstić information content (AvgIpc) is 2.32. The molecule has 3 N–H and O–H groups in total. The summed E-state index contributed by atoms with van der Waals surface area (Å²) in [5.41, 5.74) is 0.772. The summed E-state index contributed by atoms with van der Waals surface area (Å²) < 4.78 is 26.8. The van der Waals surface area contributed by atoms with Gasteiger partial charge in [-0.1, -0.05) is 15.9 Å².